The van der Waals surface area contributed by atoms with E-state index in [2.05, 4.69) is 20.9 Å². The summed E-state index contributed by atoms with van der Waals surface area (Å²) in [6.07, 6.45) is 1.06. The average Bonchev–Trinajstić information content (AvgIpc) is 2.03. The largest absolute Gasteiger partial charge is 1.00 e. The van der Waals surface area contributed by atoms with E-state index in [9.17, 15) is 9.59 Å². The number of hydrogen-bond donors (Lipinski definition) is 1. The Labute approximate surface area is 157 Å². The second-order valence-corrected chi connectivity index (χ2v) is 3.04. The van der Waals surface area contributed by atoms with E-state index in [4.69, 9.17) is 10.8 Å². The number of carboxylic acid groups (broad SMARTS) is 1. The number of nitrogens with zero attached hydrogens (tertiary/aromatic N) is 1. The Morgan fingerprint density at radius 3 is 2.33 bits per heavy atom. The summed E-state index contributed by atoms with van der Waals surface area (Å²) in [5.41, 5.74) is 6.62. The minimum Gasteiger partial charge on any atom is -0.664 e. The summed E-state index contributed by atoms with van der Waals surface area (Å²) in [4.78, 5) is 24.5. The van der Waals surface area contributed by atoms with Gasteiger partial charge in [0.15, 0.2) is 5.69 Å². The molecule has 1 amide bonds. The van der Waals surface area contributed by atoms with E-state index in [1.54, 1.807) is 0 Å². The van der Waals surface area contributed by atoms with E-state index in [1.165, 1.54) is 6.07 Å². The Bertz CT molecular complexity index is 388. The fraction of sp³-hybridized carbons (Fsp3) is 0. The first-order valence-corrected chi connectivity index (χ1v) is 3.96. The molecule has 8 heteroatoms. The number of amides is 1. The first kappa shape index (κ1) is 18.4. The minimum absolute atomic E-state index is 0. The van der Waals surface area contributed by atoms with Crippen LogP contribution < -0.4 is 58.2 Å². The third kappa shape index (κ3) is 5.26. The molecule has 0 fully saturated rings. The quantitative estimate of drug-likeness (QED) is 0.532. The van der Waals surface area contributed by atoms with E-state index >= 15 is 0 Å². The van der Waals surface area contributed by atoms with Gasteiger partial charge in [-0.2, -0.15) is 0 Å². The number of hydrogen-bond acceptors (Lipinski definition) is 3. The maximum atomic E-state index is 10.5. The zero-order valence-electron chi connectivity index (χ0n) is 7.62. The smallest absolute Gasteiger partial charge is 0.664 e. The second kappa shape index (κ2) is 8.18. The molecule has 1 aromatic rings. The van der Waals surface area contributed by atoms with Gasteiger partial charge >= 0.3 is 64.2 Å². The van der Waals surface area contributed by atoms with Gasteiger partial charge in [-0.3, -0.25) is 0 Å². The molecular weight excluding hydrogens is 512 g/mol. The van der Waals surface area contributed by atoms with Gasteiger partial charge in [-0.05, 0) is 22.0 Å². The number of rotatable bonds is 2. The molecule has 1 heterocycles. The maximum Gasteiger partial charge on any atom is 1.00 e. The molecule has 0 aromatic carbocycles. The van der Waals surface area contributed by atoms with Gasteiger partial charge in [-0.1, -0.05) is 0 Å². The van der Waals surface area contributed by atoms with Crippen LogP contribution in [-0.4, -0.2) is 22.0 Å². The number of aromatic nitrogens is 1. The first-order valence-electron chi connectivity index (χ1n) is 3.17. The van der Waals surface area contributed by atoms with Gasteiger partial charge < -0.3 is 15.6 Å². The van der Waals surface area contributed by atoms with Crippen LogP contribution in [0.3, 0.4) is 0 Å². The van der Waals surface area contributed by atoms with Crippen LogP contribution in [0.1, 0.15) is 20.8 Å². The summed E-state index contributed by atoms with van der Waals surface area (Å²) in [7, 11) is 0. The van der Waals surface area contributed by atoms with Crippen molar-refractivity contribution < 1.29 is 93.3 Å². The van der Waals surface area contributed by atoms with Gasteiger partial charge in [0, 0.05) is 32.2 Å². The van der Waals surface area contributed by atoms with Crippen molar-refractivity contribution >= 4 is 27.8 Å². The minimum atomic E-state index is -1.18. The molecule has 0 spiro atoms. The van der Waals surface area contributed by atoms with Crippen LogP contribution in [0.25, 0.3) is 5.73 Å². The van der Waals surface area contributed by atoms with E-state index in [0.717, 1.165) is 6.20 Å². The summed E-state index contributed by atoms with van der Waals surface area (Å²) >= 11 is 2.94. The molecule has 2 N–H and O–H groups in total. The molecule has 0 saturated heterocycles. The Morgan fingerprint density at radius 1 is 1.47 bits per heavy atom. The molecule has 0 bridgehead atoms. The van der Waals surface area contributed by atoms with Crippen LogP contribution in [0.15, 0.2) is 16.7 Å². The van der Waals surface area contributed by atoms with Gasteiger partial charge in [0.2, 0.25) is 0 Å². The summed E-state index contributed by atoms with van der Waals surface area (Å²) in [6, 6.07) is 1.26. The van der Waals surface area contributed by atoms with Gasteiger partial charge in [0.1, 0.15) is 0 Å². The average molecular weight is 516 g/mol. The molecule has 5 nitrogen and oxygen atoms in total. The van der Waals surface area contributed by atoms with E-state index in [-0.39, 0.29) is 94.3 Å². The van der Waals surface area contributed by atoms with E-state index < -0.39 is 11.9 Å². The van der Waals surface area contributed by atoms with Crippen LogP contribution in [0.4, 0.5) is 0 Å². The molecule has 0 unspecified atom stereocenters. The molecule has 0 saturated carbocycles. The maximum absolute atomic E-state index is 10.5. The van der Waals surface area contributed by atoms with Crippen LogP contribution >= 0.6 is 15.9 Å². The summed E-state index contributed by atoms with van der Waals surface area (Å²) < 4.78 is 0.193. The van der Waals surface area contributed by atoms with E-state index in [0.29, 0.717) is 0 Å². The van der Waals surface area contributed by atoms with Crippen molar-refractivity contribution in [3.8, 4) is 0 Å². The fourth-order valence-corrected chi connectivity index (χ4v) is 1.24. The molecular formula is C7H4BrN2O3RbRe. The van der Waals surface area contributed by atoms with Crippen molar-refractivity contribution in [3.05, 3.63) is 33.7 Å². The summed E-state index contributed by atoms with van der Waals surface area (Å²) in [5.74, 6) is -2.08. The second-order valence-electron chi connectivity index (χ2n) is 2.19. The van der Waals surface area contributed by atoms with Gasteiger partial charge in [0.05, 0.1) is 10.4 Å². The van der Waals surface area contributed by atoms with Crippen molar-refractivity contribution in [1.29, 1.82) is 0 Å². The molecule has 0 aliphatic rings. The van der Waals surface area contributed by atoms with Crippen LogP contribution in [-0.2, 0) is 20.4 Å². The molecule has 1 rings (SSSR count). The molecule has 0 aliphatic carbocycles. The normalized spacial score (nSPS) is 8.33. The number of pyridine rings is 1. The SMILES string of the molecule is [NH-]C(=O)c1cnc(C(=O)O)c(Br)c1.[Rb+].[Re]. The molecule has 0 atom stereocenters. The molecule has 75 valence electrons. The monoisotopic (exact) mass is 515 g/mol. The zero-order chi connectivity index (χ0) is 10.0. The predicted octanol–water partition coefficient (Wildman–Crippen LogP) is -1.26. The Balaban J connectivity index is 0. The number of carbonyl (C=O) groups excluding carboxylic acids is 1. The number of carbonyl (C=O) groups is 2. The van der Waals surface area contributed by atoms with Crippen molar-refractivity contribution in [1.82, 2.24) is 4.98 Å². The van der Waals surface area contributed by atoms with E-state index in [1.807, 2.05) is 0 Å². The van der Waals surface area contributed by atoms with Crippen LogP contribution in [0, 0.1) is 0 Å². The van der Waals surface area contributed by atoms with Crippen LogP contribution in [0.5, 0.6) is 0 Å². The van der Waals surface area contributed by atoms with Gasteiger partial charge in [0.25, 0.3) is 0 Å². The molecule has 1 radical (unpaired) electrons. The third-order valence-electron chi connectivity index (χ3n) is 1.31. The zero-order valence-corrected chi connectivity index (χ0v) is 16.8. The molecule has 1 aromatic heterocycles. The standard InChI is InChI=1S/C7H5BrN2O3.Rb.Re/c8-4-1-3(6(9)11)2-10-5(4)7(12)13;;/h1-2H,(H3,9,11,12,13);;/q;+1;/p-1. The first-order chi connectivity index (χ1) is 6.02. The van der Waals surface area contributed by atoms with Gasteiger partial charge in [-0.15, -0.1) is 0 Å². The number of halogens is 1. The van der Waals surface area contributed by atoms with Crippen molar-refractivity contribution in [2.24, 2.45) is 0 Å². The fourth-order valence-electron chi connectivity index (χ4n) is 0.719. The molecule has 0 aliphatic heterocycles. The van der Waals surface area contributed by atoms with Crippen molar-refractivity contribution in [2.45, 2.75) is 0 Å². The third-order valence-corrected chi connectivity index (χ3v) is 1.91. The Kier molecular flexibility index (Phi) is 10.0. The summed E-state index contributed by atoms with van der Waals surface area (Å²) in [6.45, 7) is 0. The Hall–Kier alpha value is 1.04. The number of aromatic carboxylic acids is 1. The predicted molar refractivity (Wildman–Crippen MR) is 47.5 cm³/mol. The topological polar surface area (TPSA) is 91.1 Å². The number of nitrogens with one attached hydrogen (secondary N) is 1. The Morgan fingerprint density at radius 2 is 2.00 bits per heavy atom. The molecule has 15 heavy (non-hydrogen) atoms. The summed E-state index contributed by atoms with van der Waals surface area (Å²) in [5, 5.41) is 8.57. The van der Waals surface area contributed by atoms with Crippen LogP contribution in [0.2, 0.25) is 0 Å². The van der Waals surface area contributed by atoms with Crippen molar-refractivity contribution in [3.63, 3.8) is 0 Å². The number of carboxylic acids is 1. The van der Waals surface area contributed by atoms with Crippen molar-refractivity contribution in [2.75, 3.05) is 0 Å². The van der Waals surface area contributed by atoms with Gasteiger partial charge in [-0.25, -0.2) is 9.78 Å².